The average molecular weight is 373 g/mol. The van der Waals surface area contributed by atoms with E-state index in [0.29, 0.717) is 36.9 Å². The molecule has 0 radical (unpaired) electrons. The van der Waals surface area contributed by atoms with E-state index in [1.54, 1.807) is 7.11 Å². The first-order valence-electron chi connectivity index (χ1n) is 10.0. The third-order valence-corrected chi connectivity index (χ3v) is 5.90. The molecule has 1 N–H and O–H groups in total. The highest BCUT2D eigenvalue weighted by Crippen LogP contribution is 2.28. The van der Waals surface area contributed by atoms with Crippen molar-refractivity contribution >= 4 is 17.5 Å². The normalized spacial score (nSPS) is 19.7. The van der Waals surface area contributed by atoms with Gasteiger partial charge >= 0.3 is 0 Å². The number of hydrogen-bond donors (Lipinski definition) is 1. The molecule has 2 amide bonds. The molecular weight excluding hydrogens is 342 g/mol. The Morgan fingerprint density at radius 1 is 1.15 bits per heavy atom. The van der Waals surface area contributed by atoms with Gasteiger partial charge in [-0.3, -0.25) is 14.5 Å². The number of carbonyl (C=O) groups excluding carboxylic acids is 2. The van der Waals surface area contributed by atoms with Gasteiger partial charge in [0.15, 0.2) is 0 Å². The van der Waals surface area contributed by atoms with E-state index in [9.17, 15) is 9.59 Å². The molecular formula is C21H31N3O3. The van der Waals surface area contributed by atoms with Crippen LogP contribution >= 0.6 is 0 Å². The monoisotopic (exact) mass is 373 g/mol. The molecule has 1 atom stereocenters. The van der Waals surface area contributed by atoms with Crippen LogP contribution < -0.4 is 10.1 Å². The number of nitrogens with zero attached hydrogens (tertiary/aromatic N) is 2. The van der Waals surface area contributed by atoms with Crippen molar-refractivity contribution in [3.05, 3.63) is 24.3 Å². The highest BCUT2D eigenvalue weighted by atomic mass is 16.5. The van der Waals surface area contributed by atoms with Gasteiger partial charge in [-0.05, 0) is 37.8 Å². The molecule has 6 heteroatoms. The number of anilines is 1. The number of nitrogens with one attached hydrogen (secondary N) is 1. The minimum atomic E-state index is -0.248. The lowest BCUT2D eigenvalue weighted by atomic mass is 10.0. The number of hydrogen-bond acceptors (Lipinski definition) is 4. The second kappa shape index (κ2) is 9.22. The highest BCUT2D eigenvalue weighted by Gasteiger charge is 2.29. The first-order valence-corrected chi connectivity index (χ1v) is 10.0. The number of carbonyl (C=O) groups is 2. The number of amides is 2. The van der Waals surface area contributed by atoms with E-state index in [1.807, 2.05) is 36.1 Å². The second-order valence-electron chi connectivity index (χ2n) is 7.64. The van der Waals surface area contributed by atoms with Crippen LogP contribution in [0.15, 0.2) is 24.3 Å². The molecule has 27 heavy (non-hydrogen) atoms. The number of benzene rings is 1. The Labute approximate surface area is 161 Å². The zero-order valence-corrected chi connectivity index (χ0v) is 16.4. The Bertz CT molecular complexity index is 650. The lowest BCUT2D eigenvalue weighted by molar-refractivity contribution is -0.134. The van der Waals surface area contributed by atoms with E-state index in [1.165, 1.54) is 25.7 Å². The van der Waals surface area contributed by atoms with E-state index in [4.69, 9.17) is 4.74 Å². The maximum absolute atomic E-state index is 12.6. The molecule has 1 aromatic rings. The zero-order valence-electron chi connectivity index (χ0n) is 16.4. The van der Waals surface area contributed by atoms with Crippen LogP contribution in [0, 0.1) is 5.92 Å². The van der Waals surface area contributed by atoms with Crippen LogP contribution in [0.1, 0.15) is 39.0 Å². The van der Waals surface area contributed by atoms with Crippen LogP contribution in [0.2, 0.25) is 0 Å². The Kier molecular flexibility index (Phi) is 6.72. The fourth-order valence-electron chi connectivity index (χ4n) is 4.10. The van der Waals surface area contributed by atoms with Crippen molar-refractivity contribution in [1.29, 1.82) is 0 Å². The third-order valence-electron chi connectivity index (χ3n) is 5.90. The Morgan fingerprint density at radius 3 is 2.48 bits per heavy atom. The molecule has 0 aromatic heterocycles. The van der Waals surface area contributed by atoms with Crippen LogP contribution in [-0.4, -0.2) is 60.9 Å². The van der Waals surface area contributed by atoms with Crippen LogP contribution in [0.5, 0.6) is 5.75 Å². The minimum absolute atomic E-state index is 0.0507. The fourth-order valence-corrected chi connectivity index (χ4v) is 4.10. The molecule has 0 bridgehead atoms. The molecule has 0 unspecified atom stereocenters. The molecule has 2 fully saturated rings. The van der Waals surface area contributed by atoms with E-state index >= 15 is 0 Å². The number of para-hydroxylation sites is 2. The molecule has 1 saturated heterocycles. The van der Waals surface area contributed by atoms with Crippen molar-refractivity contribution in [3.8, 4) is 5.75 Å². The molecule has 148 valence electrons. The molecule has 1 heterocycles. The highest BCUT2D eigenvalue weighted by molar-refractivity contribution is 5.95. The number of rotatable bonds is 6. The van der Waals surface area contributed by atoms with Crippen LogP contribution in [-0.2, 0) is 9.59 Å². The van der Waals surface area contributed by atoms with Gasteiger partial charge in [0, 0.05) is 32.6 Å². The van der Waals surface area contributed by atoms with Crippen LogP contribution in [0.4, 0.5) is 5.69 Å². The van der Waals surface area contributed by atoms with Crippen molar-refractivity contribution in [2.45, 2.75) is 45.1 Å². The average Bonchev–Trinajstić information content (AvgIpc) is 3.21. The molecule has 2 aliphatic rings. The number of methoxy groups -OCH3 is 1. The summed E-state index contributed by atoms with van der Waals surface area (Å²) in [4.78, 5) is 29.2. The lowest BCUT2D eigenvalue weighted by Gasteiger charge is -2.37. The minimum Gasteiger partial charge on any atom is -0.495 e. The van der Waals surface area contributed by atoms with Crippen molar-refractivity contribution in [3.63, 3.8) is 0 Å². The molecule has 6 nitrogen and oxygen atoms in total. The molecule has 1 aliphatic heterocycles. The quantitative estimate of drug-likeness (QED) is 0.833. The predicted molar refractivity (Wildman–Crippen MR) is 106 cm³/mol. The molecule has 3 rings (SSSR count). The van der Waals surface area contributed by atoms with Gasteiger partial charge in [-0.25, -0.2) is 0 Å². The van der Waals surface area contributed by atoms with E-state index in [0.717, 1.165) is 13.1 Å². The van der Waals surface area contributed by atoms with E-state index < -0.39 is 0 Å². The summed E-state index contributed by atoms with van der Waals surface area (Å²) in [6.45, 7) is 4.80. The zero-order chi connectivity index (χ0) is 19.2. The first-order chi connectivity index (χ1) is 13.1. The first kappa shape index (κ1) is 19.7. The maximum atomic E-state index is 12.6. The van der Waals surface area contributed by atoms with Crippen LogP contribution in [0.3, 0.4) is 0 Å². The van der Waals surface area contributed by atoms with E-state index in [2.05, 4.69) is 10.2 Å². The number of piperazine rings is 1. The van der Waals surface area contributed by atoms with Crippen molar-refractivity contribution in [2.24, 2.45) is 5.92 Å². The standard InChI is InChI=1S/C21H31N3O3/c1-16(21(26)22-18-9-5-6-10-19(18)27-2)23-11-13-24(14-12-23)20(25)15-17-7-3-4-8-17/h5-6,9-10,16-17H,3-4,7-8,11-15H2,1-2H3,(H,22,26)/t16-/m1/s1. The van der Waals surface area contributed by atoms with Gasteiger partial charge in [0.2, 0.25) is 11.8 Å². The van der Waals surface area contributed by atoms with Crippen molar-refractivity contribution < 1.29 is 14.3 Å². The van der Waals surface area contributed by atoms with Crippen LogP contribution in [0.25, 0.3) is 0 Å². The summed E-state index contributed by atoms with van der Waals surface area (Å²) >= 11 is 0. The lowest BCUT2D eigenvalue weighted by Crippen LogP contribution is -2.54. The predicted octanol–water partition coefficient (Wildman–Crippen LogP) is 2.75. The van der Waals surface area contributed by atoms with E-state index in [-0.39, 0.29) is 17.9 Å². The Morgan fingerprint density at radius 2 is 1.81 bits per heavy atom. The summed E-state index contributed by atoms with van der Waals surface area (Å²) in [5.74, 6) is 1.47. The SMILES string of the molecule is COc1ccccc1NC(=O)[C@@H](C)N1CCN(C(=O)CC2CCCC2)CC1. The molecule has 1 saturated carbocycles. The van der Waals surface area contributed by atoms with Crippen molar-refractivity contribution in [1.82, 2.24) is 9.80 Å². The summed E-state index contributed by atoms with van der Waals surface area (Å²) in [7, 11) is 1.59. The number of ether oxygens (including phenoxy) is 1. The summed E-state index contributed by atoms with van der Waals surface area (Å²) in [5, 5.41) is 2.95. The van der Waals surface area contributed by atoms with Gasteiger partial charge in [0.1, 0.15) is 5.75 Å². The molecule has 0 spiro atoms. The smallest absolute Gasteiger partial charge is 0.241 e. The van der Waals surface area contributed by atoms with Gasteiger partial charge in [0.05, 0.1) is 18.8 Å². The summed E-state index contributed by atoms with van der Waals surface area (Å²) in [6, 6.07) is 7.16. The maximum Gasteiger partial charge on any atom is 0.241 e. The largest absolute Gasteiger partial charge is 0.495 e. The Hall–Kier alpha value is -2.08. The second-order valence-corrected chi connectivity index (χ2v) is 7.64. The fraction of sp³-hybridized carbons (Fsp3) is 0.619. The molecule has 1 aliphatic carbocycles. The molecule has 1 aromatic carbocycles. The summed E-state index contributed by atoms with van der Waals surface area (Å²) in [5.41, 5.74) is 0.683. The van der Waals surface area contributed by atoms with Gasteiger partial charge in [-0.15, -0.1) is 0 Å². The van der Waals surface area contributed by atoms with Gasteiger partial charge in [-0.2, -0.15) is 0 Å². The van der Waals surface area contributed by atoms with Gasteiger partial charge in [0.25, 0.3) is 0 Å². The Balaban J connectivity index is 1.48. The summed E-state index contributed by atoms with van der Waals surface area (Å²) < 4.78 is 5.29. The van der Waals surface area contributed by atoms with Crippen molar-refractivity contribution in [2.75, 3.05) is 38.6 Å². The summed E-state index contributed by atoms with van der Waals surface area (Å²) in [6.07, 6.45) is 5.64. The van der Waals surface area contributed by atoms with Gasteiger partial charge in [-0.1, -0.05) is 25.0 Å². The third kappa shape index (κ3) is 5.01. The topological polar surface area (TPSA) is 61.9 Å². The van der Waals surface area contributed by atoms with Gasteiger partial charge < -0.3 is 15.0 Å².